The van der Waals surface area contributed by atoms with E-state index in [4.69, 9.17) is 0 Å². The van der Waals surface area contributed by atoms with Gasteiger partial charge in [0.25, 0.3) is 0 Å². The lowest BCUT2D eigenvalue weighted by Crippen LogP contribution is -2.34. The second-order valence-electron chi connectivity index (χ2n) is 4.26. The molecule has 0 aromatic carbocycles. The summed E-state index contributed by atoms with van der Waals surface area (Å²) in [6, 6.07) is 2.00. The molecular weight excluding hydrogens is 230 g/mol. The maximum absolute atomic E-state index is 4.40. The van der Waals surface area contributed by atoms with Crippen molar-refractivity contribution in [2.75, 3.05) is 11.4 Å². The Morgan fingerprint density at radius 2 is 2.11 bits per heavy atom. The molecule has 0 radical (unpaired) electrons. The highest BCUT2D eigenvalue weighted by Gasteiger charge is 2.20. The van der Waals surface area contributed by atoms with Crippen molar-refractivity contribution in [2.45, 2.75) is 13.1 Å². The van der Waals surface area contributed by atoms with Gasteiger partial charge in [0.05, 0.1) is 18.5 Å². The number of anilines is 1. The molecule has 0 saturated carbocycles. The Morgan fingerprint density at radius 3 is 3.11 bits per heavy atom. The number of nitrogens with zero attached hydrogens (tertiary/aromatic N) is 6. The van der Waals surface area contributed by atoms with E-state index in [-0.39, 0.29) is 0 Å². The van der Waals surface area contributed by atoms with Gasteiger partial charge in [-0.3, -0.25) is 0 Å². The molecule has 0 amide bonds. The van der Waals surface area contributed by atoms with Crippen LogP contribution in [0.15, 0.2) is 24.9 Å². The summed E-state index contributed by atoms with van der Waals surface area (Å²) in [5.41, 5.74) is 0.868. The largest absolute Gasteiger partial charge is 0.347 e. The molecule has 3 aromatic heterocycles. The third kappa shape index (κ3) is 1.30. The Labute approximate surface area is 102 Å². The predicted molar refractivity (Wildman–Crippen MR) is 65.0 cm³/mol. The highest BCUT2D eigenvalue weighted by Crippen LogP contribution is 2.24. The molecule has 90 valence electrons. The fraction of sp³-hybridized carbons (Fsp3) is 0.273. The summed E-state index contributed by atoms with van der Waals surface area (Å²) in [5.74, 6) is 1.93. The number of hydrogen-bond donors (Lipinski definition) is 1. The standard InChI is InChI=1S/C11H11N7/c1-2-12-10-8(1)11(15-6-14-10)17-3-4-18-9(5-17)13-7-16-18/h1-2,6-7H,3-5H2,(H,12,14,15). The van der Waals surface area contributed by atoms with Crippen molar-refractivity contribution in [3.63, 3.8) is 0 Å². The summed E-state index contributed by atoms with van der Waals surface area (Å²) in [6.07, 6.45) is 5.08. The van der Waals surface area contributed by atoms with Gasteiger partial charge in [-0.05, 0) is 6.07 Å². The predicted octanol–water partition coefficient (Wildman–Crippen LogP) is 0.570. The zero-order chi connectivity index (χ0) is 11.9. The van der Waals surface area contributed by atoms with Crippen LogP contribution in [0.3, 0.4) is 0 Å². The van der Waals surface area contributed by atoms with E-state index in [1.165, 1.54) is 0 Å². The van der Waals surface area contributed by atoms with Crippen molar-refractivity contribution in [2.24, 2.45) is 0 Å². The Morgan fingerprint density at radius 1 is 1.11 bits per heavy atom. The first-order valence-corrected chi connectivity index (χ1v) is 5.81. The van der Waals surface area contributed by atoms with Crippen LogP contribution < -0.4 is 4.90 Å². The van der Waals surface area contributed by atoms with Crippen LogP contribution in [0.5, 0.6) is 0 Å². The molecule has 0 spiro atoms. The van der Waals surface area contributed by atoms with Crippen molar-refractivity contribution >= 4 is 16.9 Å². The fourth-order valence-electron chi connectivity index (χ4n) is 2.35. The minimum atomic E-state index is 0.733. The smallest absolute Gasteiger partial charge is 0.146 e. The van der Waals surface area contributed by atoms with Crippen molar-refractivity contribution < 1.29 is 0 Å². The molecule has 1 aliphatic heterocycles. The van der Waals surface area contributed by atoms with Gasteiger partial charge in [-0.2, -0.15) is 5.10 Å². The van der Waals surface area contributed by atoms with Gasteiger partial charge in [0.15, 0.2) is 0 Å². The van der Waals surface area contributed by atoms with Gasteiger partial charge >= 0.3 is 0 Å². The monoisotopic (exact) mass is 241 g/mol. The first-order chi connectivity index (χ1) is 8.92. The highest BCUT2D eigenvalue weighted by molar-refractivity contribution is 5.87. The van der Waals surface area contributed by atoms with Crippen molar-refractivity contribution in [1.82, 2.24) is 29.7 Å². The molecule has 0 atom stereocenters. The van der Waals surface area contributed by atoms with E-state index in [0.717, 1.165) is 42.3 Å². The van der Waals surface area contributed by atoms with Gasteiger partial charge < -0.3 is 9.88 Å². The second-order valence-corrected chi connectivity index (χ2v) is 4.26. The summed E-state index contributed by atoms with van der Waals surface area (Å²) in [6.45, 7) is 2.45. The lowest BCUT2D eigenvalue weighted by atomic mass is 10.3. The van der Waals surface area contributed by atoms with Crippen LogP contribution in [0.25, 0.3) is 11.0 Å². The maximum atomic E-state index is 4.40. The van der Waals surface area contributed by atoms with Crippen LogP contribution in [0, 0.1) is 0 Å². The third-order valence-electron chi connectivity index (χ3n) is 3.24. The Balaban J connectivity index is 1.78. The highest BCUT2D eigenvalue weighted by atomic mass is 15.4. The molecule has 1 aliphatic rings. The lowest BCUT2D eigenvalue weighted by Gasteiger charge is -2.27. The summed E-state index contributed by atoms with van der Waals surface area (Å²) in [7, 11) is 0. The van der Waals surface area contributed by atoms with Crippen molar-refractivity contribution in [3.8, 4) is 0 Å². The third-order valence-corrected chi connectivity index (χ3v) is 3.24. The summed E-state index contributed by atoms with van der Waals surface area (Å²) in [5, 5.41) is 5.22. The van der Waals surface area contributed by atoms with E-state index >= 15 is 0 Å². The van der Waals surface area contributed by atoms with Crippen LogP contribution in [-0.4, -0.2) is 36.3 Å². The lowest BCUT2D eigenvalue weighted by molar-refractivity contribution is 0.511. The number of H-pyrrole nitrogens is 1. The molecule has 7 heteroatoms. The number of fused-ring (bicyclic) bond motifs is 2. The van der Waals surface area contributed by atoms with Gasteiger partial charge in [0.2, 0.25) is 0 Å². The average Bonchev–Trinajstić information content (AvgIpc) is 3.05. The van der Waals surface area contributed by atoms with Gasteiger partial charge in [-0.25, -0.2) is 19.6 Å². The second kappa shape index (κ2) is 3.52. The molecular formula is C11H11N7. The zero-order valence-electron chi connectivity index (χ0n) is 9.61. The molecule has 18 heavy (non-hydrogen) atoms. The quantitative estimate of drug-likeness (QED) is 0.674. The zero-order valence-corrected chi connectivity index (χ0v) is 9.61. The minimum absolute atomic E-state index is 0.733. The Hall–Kier alpha value is -2.44. The normalized spacial score (nSPS) is 15.0. The van der Waals surface area contributed by atoms with Crippen LogP contribution in [0.2, 0.25) is 0 Å². The summed E-state index contributed by atoms with van der Waals surface area (Å²) < 4.78 is 1.94. The fourth-order valence-corrected chi connectivity index (χ4v) is 2.35. The average molecular weight is 241 g/mol. The van der Waals surface area contributed by atoms with Crippen LogP contribution in [-0.2, 0) is 13.1 Å². The first-order valence-electron chi connectivity index (χ1n) is 5.81. The van der Waals surface area contributed by atoms with Crippen LogP contribution in [0.4, 0.5) is 5.82 Å². The van der Waals surface area contributed by atoms with E-state index in [1.54, 1.807) is 12.7 Å². The number of hydrogen-bond acceptors (Lipinski definition) is 5. The summed E-state index contributed by atoms with van der Waals surface area (Å²) in [4.78, 5) is 18.2. The van der Waals surface area contributed by atoms with Crippen LogP contribution >= 0.6 is 0 Å². The molecule has 4 heterocycles. The molecule has 0 fully saturated rings. The van der Waals surface area contributed by atoms with E-state index in [2.05, 4.69) is 29.9 Å². The first kappa shape index (κ1) is 9.58. The van der Waals surface area contributed by atoms with E-state index in [0.29, 0.717) is 0 Å². The van der Waals surface area contributed by atoms with Crippen LogP contribution in [0.1, 0.15) is 5.82 Å². The summed E-state index contributed by atoms with van der Waals surface area (Å²) >= 11 is 0. The van der Waals surface area contributed by atoms with Gasteiger partial charge in [-0.1, -0.05) is 0 Å². The Kier molecular flexibility index (Phi) is 1.88. The van der Waals surface area contributed by atoms with Crippen molar-refractivity contribution in [3.05, 3.63) is 30.7 Å². The van der Waals surface area contributed by atoms with E-state index in [1.807, 2.05) is 16.9 Å². The number of aromatic nitrogens is 6. The molecule has 0 bridgehead atoms. The van der Waals surface area contributed by atoms with E-state index in [9.17, 15) is 0 Å². The molecule has 7 nitrogen and oxygen atoms in total. The van der Waals surface area contributed by atoms with Gasteiger partial charge in [0.1, 0.15) is 29.9 Å². The van der Waals surface area contributed by atoms with Gasteiger partial charge in [0, 0.05) is 12.7 Å². The van der Waals surface area contributed by atoms with Gasteiger partial charge in [-0.15, -0.1) is 0 Å². The van der Waals surface area contributed by atoms with Crippen molar-refractivity contribution in [1.29, 1.82) is 0 Å². The molecule has 4 rings (SSSR count). The topological polar surface area (TPSA) is 75.5 Å². The number of rotatable bonds is 1. The molecule has 0 aliphatic carbocycles. The SMILES string of the molecule is c1nc(N2CCn3ncnc3C2)c2cc[nH]c2n1. The number of nitrogens with one attached hydrogen (secondary N) is 1. The molecule has 0 unspecified atom stereocenters. The molecule has 0 saturated heterocycles. The number of aromatic amines is 1. The molecule has 1 N–H and O–H groups in total. The Bertz CT molecular complexity index is 698. The van der Waals surface area contributed by atoms with E-state index < -0.39 is 0 Å². The minimum Gasteiger partial charge on any atom is -0.347 e. The molecule has 3 aromatic rings. The maximum Gasteiger partial charge on any atom is 0.146 e.